The number of aromatic nitrogens is 2. The van der Waals surface area contributed by atoms with E-state index in [1.165, 1.54) is 12.3 Å². The maximum absolute atomic E-state index is 13.6. The highest BCUT2D eigenvalue weighted by molar-refractivity contribution is 6.14. The summed E-state index contributed by atoms with van der Waals surface area (Å²) in [6.45, 7) is 0. The van der Waals surface area contributed by atoms with Crippen molar-refractivity contribution >= 4 is 16.6 Å². The van der Waals surface area contributed by atoms with Crippen LogP contribution in [-0.4, -0.2) is 15.8 Å². The lowest BCUT2D eigenvalue weighted by Crippen LogP contribution is -2.07. The lowest BCUT2D eigenvalue weighted by molar-refractivity contribution is 0.103. The van der Waals surface area contributed by atoms with Crippen molar-refractivity contribution in [2.45, 2.75) is 0 Å². The molecule has 3 nitrogen and oxygen atoms in total. The first-order valence-corrected chi connectivity index (χ1v) is 5.75. The summed E-state index contributed by atoms with van der Waals surface area (Å²) in [7, 11) is 0. The molecule has 0 aliphatic rings. The van der Waals surface area contributed by atoms with E-state index in [1.807, 2.05) is 24.3 Å². The predicted octanol–water partition coefficient (Wildman–Crippen LogP) is 3.00. The molecular formula is C15H9FN2O. The molecule has 0 saturated heterocycles. The van der Waals surface area contributed by atoms with Gasteiger partial charge in [-0.05, 0) is 17.5 Å². The fourth-order valence-electron chi connectivity index (χ4n) is 1.99. The highest BCUT2D eigenvalue weighted by atomic mass is 19.1. The van der Waals surface area contributed by atoms with E-state index >= 15 is 0 Å². The highest BCUT2D eigenvalue weighted by Gasteiger charge is 2.17. The van der Waals surface area contributed by atoms with Gasteiger partial charge in [-0.25, -0.2) is 4.39 Å². The quantitative estimate of drug-likeness (QED) is 0.658. The second-order valence-corrected chi connectivity index (χ2v) is 4.07. The van der Waals surface area contributed by atoms with Crippen LogP contribution >= 0.6 is 0 Å². The number of carbonyl (C=O) groups excluding carboxylic acids is 1. The Hall–Kier alpha value is -2.62. The number of carbonyl (C=O) groups is 1. The zero-order chi connectivity index (χ0) is 13.2. The molecule has 4 heteroatoms. The van der Waals surface area contributed by atoms with Crippen LogP contribution in [0.4, 0.5) is 4.39 Å². The Morgan fingerprint density at radius 3 is 2.74 bits per heavy atom. The van der Waals surface area contributed by atoms with Gasteiger partial charge in [-0.15, -0.1) is 0 Å². The van der Waals surface area contributed by atoms with Crippen LogP contribution in [-0.2, 0) is 0 Å². The fraction of sp³-hybridized carbons (Fsp3) is 0. The summed E-state index contributed by atoms with van der Waals surface area (Å²) in [4.78, 5) is 20.1. The Labute approximate surface area is 108 Å². The fourth-order valence-corrected chi connectivity index (χ4v) is 1.99. The number of ketones is 1. The van der Waals surface area contributed by atoms with Crippen molar-refractivity contribution in [2.75, 3.05) is 0 Å². The zero-order valence-electron chi connectivity index (χ0n) is 9.88. The van der Waals surface area contributed by atoms with E-state index in [-0.39, 0.29) is 11.3 Å². The molecule has 0 amide bonds. The van der Waals surface area contributed by atoms with Gasteiger partial charge in [-0.3, -0.25) is 14.8 Å². The van der Waals surface area contributed by atoms with E-state index in [2.05, 4.69) is 9.97 Å². The zero-order valence-corrected chi connectivity index (χ0v) is 9.88. The minimum Gasteiger partial charge on any atom is -0.287 e. The van der Waals surface area contributed by atoms with E-state index in [0.717, 1.165) is 11.6 Å². The van der Waals surface area contributed by atoms with Crippen molar-refractivity contribution in [3.05, 3.63) is 72.1 Å². The topological polar surface area (TPSA) is 42.9 Å². The molecule has 3 rings (SSSR count). The van der Waals surface area contributed by atoms with Gasteiger partial charge in [0.1, 0.15) is 5.69 Å². The van der Waals surface area contributed by atoms with Gasteiger partial charge in [0.15, 0.2) is 5.82 Å². The Kier molecular flexibility index (Phi) is 2.76. The number of fused-ring (bicyclic) bond motifs is 1. The third kappa shape index (κ3) is 1.97. The van der Waals surface area contributed by atoms with E-state index in [0.29, 0.717) is 5.39 Å². The van der Waals surface area contributed by atoms with Gasteiger partial charge in [0.2, 0.25) is 5.78 Å². The van der Waals surface area contributed by atoms with Crippen molar-refractivity contribution in [3.8, 4) is 0 Å². The maximum Gasteiger partial charge on any atom is 0.215 e. The van der Waals surface area contributed by atoms with Crippen LogP contribution in [0.1, 0.15) is 16.1 Å². The Morgan fingerprint density at radius 1 is 1.05 bits per heavy atom. The standard InChI is InChI=1S/C15H9FN2O/c16-13-9-17-7-6-12(13)15(19)14-11-4-2-1-3-10(11)5-8-18-14/h1-9H. The highest BCUT2D eigenvalue weighted by Crippen LogP contribution is 2.20. The summed E-state index contributed by atoms with van der Waals surface area (Å²) in [5.74, 6) is -1.07. The van der Waals surface area contributed by atoms with E-state index < -0.39 is 11.6 Å². The molecule has 92 valence electrons. The first-order valence-electron chi connectivity index (χ1n) is 5.75. The van der Waals surface area contributed by atoms with Crippen LogP contribution in [0.5, 0.6) is 0 Å². The van der Waals surface area contributed by atoms with Gasteiger partial charge in [0.05, 0.1) is 11.8 Å². The average molecular weight is 252 g/mol. The van der Waals surface area contributed by atoms with Crippen molar-refractivity contribution < 1.29 is 9.18 Å². The van der Waals surface area contributed by atoms with Gasteiger partial charge in [-0.1, -0.05) is 24.3 Å². The molecule has 1 aromatic carbocycles. The molecule has 0 aliphatic heterocycles. The van der Waals surface area contributed by atoms with Crippen molar-refractivity contribution in [1.29, 1.82) is 0 Å². The average Bonchev–Trinajstić information content (AvgIpc) is 2.46. The summed E-state index contributed by atoms with van der Waals surface area (Å²) in [5, 5.41) is 1.61. The SMILES string of the molecule is O=C(c1ccncc1F)c1nccc2ccccc12. The van der Waals surface area contributed by atoms with Crippen LogP contribution in [0.15, 0.2) is 55.0 Å². The minimum atomic E-state index is -0.637. The molecule has 0 N–H and O–H groups in total. The van der Waals surface area contributed by atoms with Crippen molar-refractivity contribution in [1.82, 2.24) is 9.97 Å². The van der Waals surface area contributed by atoms with Gasteiger partial charge in [0.25, 0.3) is 0 Å². The van der Waals surface area contributed by atoms with Crippen LogP contribution in [0.25, 0.3) is 10.8 Å². The van der Waals surface area contributed by atoms with E-state index in [9.17, 15) is 9.18 Å². The minimum absolute atomic E-state index is 0.0150. The monoisotopic (exact) mass is 252 g/mol. The first kappa shape index (κ1) is 11.5. The summed E-state index contributed by atoms with van der Waals surface area (Å²) < 4.78 is 13.6. The van der Waals surface area contributed by atoms with Gasteiger partial charge in [-0.2, -0.15) is 0 Å². The normalized spacial score (nSPS) is 10.6. The largest absolute Gasteiger partial charge is 0.287 e. The Morgan fingerprint density at radius 2 is 1.89 bits per heavy atom. The predicted molar refractivity (Wildman–Crippen MR) is 69.4 cm³/mol. The third-order valence-electron chi connectivity index (χ3n) is 2.91. The van der Waals surface area contributed by atoms with Crippen LogP contribution in [0, 0.1) is 5.82 Å². The molecule has 0 saturated carbocycles. The summed E-state index contributed by atoms with van der Waals surface area (Å²) in [6, 6.07) is 10.6. The van der Waals surface area contributed by atoms with Gasteiger partial charge in [0, 0.05) is 17.8 Å². The smallest absolute Gasteiger partial charge is 0.215 e. The summed E-state index contributed by atoms with van der Waals surface area (Å²) in [5.41, 5.74) is 0.238. The molecule has 3 aromatic rings. The third-order valence-corrected chi connectivity index (χ3v) is 2.91. The molecule has 0 bridgehead atoms. The first-order chi connectivity index (χ1) is 9.27. The lowest BCUT2D eigenvalue weighted by Gasteiger charge is -2.05. The number of rotatable bonds is 2. The van der Waals surface area contributed by atoms with E-state index in [4.69, 9.17) is 0 Å². The molecule has 19 heavy (non-hydrogen) atoms. The molecular weight excluding hydrogens is 243 g/mol. The summed E-state index contributed by atoms with van der Waals surface area (Å²) >= 11 is 0. The second-order valence-electron chi connectivity index (χ2n) is 4.07. The van der Waals surface area contributed by atoms with Gasteiger partial charge >= 0.3 is 0 Å². The molecule has 2 aromatic heterocycles. The number of benzene rings is 1. The number of halogens is 1. The second kappa shape index (κ2) is 4.57. The van der Waals surface area contributed by atoms with Crippen LogP contribution in [0.2, 0.25) is 0 Å². The maximum atomic E-state index is 13.6. The van der Waals surface area contributed by atoms with E-state index in [1.54, 1.807) is 12.3 Å². The number of hydrogen-bond donors (Lipinski definition) is 0. The molecule has 0 fully saturated rings. The Balaban J connectivity index is 2.20. The number of pyridine rings is 2. The molecule has 0 unspecified atom stereocenters. The molecule has 0 radical (unpaired) electrons. The summed E-state index contributed by atoms with van der Waals surface area (Å²) in [6.07, 6.45) is 3.97. The number of hydrogen-bond acceptors (Lipinski definition) is 3. The Bertz CT molecular complexity index is 765. The van der Waals surface area contributed by atoms with Crippen molar-refractivity contribution in [2.24, 2.45) is 0 Å². The molecule has 0 aliphatic carbocycles. The van der Waals surface area contributed by atoms with Crippen LogP contribution < -0.4 is 0 Å². The van der Waals surface area contributed by atoms with Crippen LogP contribution in [0.3, 0.4) is 0 Å². The number of nitrogens with zero attached hydrogens (tertiary/aromatic N) is 2. The van der Waals surface area contributed by atoms with Crippen molar-refractivity contribution in [3.63, 3.8) is 0 Å². The lowest BCUT2D eigenvalue weighted by atomic mass is 10.0. The van der Waals surface area contributed by atoms with Gasteiger partial charge < -0.3 is 0 Å². The molecule has 0 atom stereocenters. The molecule has 0 spiro atoms. The molecule has 2 heterocycles.